The Morgan fingerprint density at radius 1 is 1.46 bits per heavy atom. The molecule has 1 aromatic carbocycles. The fourth-order valence-electron chi connectivity index (χ4n) is 1.02. The lowest BCUT2D eigenvalue weighted by Crippen LogP contribution is -2.03. The van der Waals surface area contributed by atoms with Gasteiger partial charge in [-0.25, -0.2) is 0 Å². The average Bonchev–Trinajstić information content (AvgIpc) is 2.89. The largest absolute Gasteiger partial charge is 0.372 e. The molecular formula is C9H9ClO2S. The maximum Gasteiger partial charge on any atom is 0.0928 e. The summed E-state index contributed by atoms with van der Waals surface area (Å²) in [6.07, 6.45) is 0.205. The van der Waals surface area contributed by atoms with Crippen LogP contribution in [0, 0.1) is 0 Å². The van der Waals surface area contributed by atoms with Gasteiger partial charge in [-0.05, 0) is 24.3 Å². The Morgan fingerprint density at radius 2 is 2.08 bits per heavy atom. The molecular weight excluding hydrogens is 208 g/mol. The van der Waals surface area contributed by atoms with Crippen LogP contribution in [0.2, 0.25) is 5.02 Å². The fraction of sp³-hybridized carbons (Fsp3) is 0.333. The van der Waals surface area contributed by atoms with Crippen molar-refractivity contribution in [1.82, 2.24) is 0 Å². The molecule has 4 heteroatoms. The molecule has 1 fully saturated rings. The summed E-state index contributed by atoms with van der Waals surface area (Å²) in [6.45, 7) is 0.749. The zero-order valence-corrected chi connectivity index (χ0v) is 8.48. The van der Waals surface area contributed by atoms with Crippen molar-refractivity contribution in [1.29, 1.82) is 0 Å². The van der Waals surface area contributed by atoms with Crippen molar-refractivity contribution >= 4 is 22.4 Å². The van der Waals surface area contributed by atoms with Crippen LogP contribution in [-0.2, 0) is 15.5 Å². The average molecular weight is 217 g/mol. The van der Waals surface area contributed by atoms with Crippen molar-refractivity contribution in [2.75, 3.05) is 12.4 Å². The molecule has 2 atom stereocenters. The summed E-state index contributed by atoms with van der Waals surface area (Å²) >= 11 is 5.71. The standard InChI is InChI=1S/C9H9ClO2S/c10-7-1-3-9(4-2-7)13(11)6-8-5-12-8/h1-4,8H,5-6H2. The summed E-state index contributed by atoms with van der Waals surface area (Å²) < 4.78 is 16.6. The van der Waals surface area contributed by atoms with Crippen LogP contribution >= 0.6 is 11.6 Å². The highest BCUT2D eigenvalue weighted by Gasteiger charge is 2.25. The Kier molecular flexibility index (Phi) is 2.67. The van der Waals surface area contributed by atoms with E-state index in [1.165, 1.54) is 0 Å². The third-order valence-corrected chi connectivity index (χ3v) is 3.54. The van der Waals surface area contributed by atoms with Gasteiger partial charge >= 0.3 is 0 Å². The molecule has 0 N–H and O–H groups in total. The molecule has 1 aromatic rings. The number of halogens is 1. The van der Waals surface area contributed by atoms with E-state index in [-0.39, 0.29) is 6.10 Å². The Bertz CT molecular complexity index is 319. The third-order valence-electron chi connectivity index (χ3n) is 1.82. The molecule has 0 amide bonds. The van der Waals surface area contributed by atoms with Crippen LogP contribution in [0.4, 0.5) is 0 Å². The Balaban J connectivity index is 2.05. The van der Waals surface area contributed by atoms with Crippen LogP contribution in [0.3, 0.4) is 0 Å². The van der Waals surface area contributed by atoms with Crippen LogP contribution in [0.25, 0.3) is 0 Å². The van der Waals surface area contributed by atoms with Gasteiger partial charge in [0.2, 0.25) is 0 Å². The normalized spacial score (nSPS) is 22.7. The van der Waals surface area contributed by atoms with Gasteiger partial charge in [-0.3, -0.25) is 4.21 Å². The summed E-state index contributed by atoms with van der Waals surface area (Å²) in [4.78, 5) is 0.819. The minimum Gasteiger partial charge on any atom is -0.372 e. The van der Waals surface area contributed by atoms with Crippen molar-refractivity contribution in [3.8, 4) is 0 Å². The van der Waals surface area contributed by atoms with Gasteiger partial charge in [-0.15, -0.1) is 0 Å². The van der Waals surface area contributed by atoms with Crippen molar-refractivity contribution in [2.45, 2.75) is 11.0 Å². The lowest BCUT2D eigenvalue weighted by molar-refractivity contribution is 0.425. The molecule has 1 aliphatic heterocycles. The van der Waals surface area contributed by atoms with Gasteiger partial charge < -0.3 is 4.74 Å². The van der Waals surface area contributed by atoms with Gasteiger partial charge in [0.25, 0.3) is 0 Å². The van der Waals surface area contributed by atoms with Crippen LogP contribution in [-0.4, -0.2) is 22.7 Å². The van der Waals surface area contributed by atoms with E-state index >= 15 is 0 Å². The van der Waals surface area contributed by atoms with E-state index in [0.29, 0.717) is 10.8 Å². The third kappa shape index (κ3) is 2.53. The molecule has 1 saturated heterocycles. The van der Waals surface area contributed by atoms with E-state index in [9.17, 15) is 4.21 Å². The van der Waals surface area contributed by atoms with Crippen molar-refractivity contribution in [3.63, 3.8) is 0 Å². The van der Waals surface area contributed by atoms with Gasteiger partial charge in [0.05, 0.1) is 29.3 Å². The van der Waals surface area contributed by atoms with Crippen LogP contribution in [0.15, 0.2) is 29.2 Å². The highest BCUT2D eigenvalue weighted by molar-refractivity contribution is 7.85. The number of hydrogen-bond donors (Lipinski definition) is 0. The summed E-state index contributed by atoms with van der Waals surface area (Å²) in [5, 5.41) is 0.670. The van der Waals surface area contributed by atoms with Crippen LogP contribution in [0.1, 0.15) is 0 Å². The van der Waals surface area contributed by atoms with Crippen LogP contribution in [0.5, 0.6) is 0 Å². The Morgan fingerprint density at radius 3 is 2.62 bits per heavy atom. The number of rotatable bonds is 3. The second-order valence-electron chi connectivity index (χ2n) is 2.92. The summed E-state index contributed by atoms with van der Waals surface area (Å²) in [7, 11) is -0.943. The SMILES string of the molecule is O=S(CC1CO1)c1ccc(Cl)cc1. The fourth-order valence-corrected chi connectivity index (χ4v) is 2.30. The summed E-state index contributed by atoms with van der Waals surface area (Å²) in [6, 6.07) is 7.09. The zero-order chi connectivity index (χ0) is 9.26. The van der Waals surface area contributed by atoms with E-state index in [1.807, 2.05) is 0 Å². The first-order chi connectivity index (χ1) is 6.25. The van der Waals surface area contributed by atoms with E-state index in [1.54, 1.807) is 24.3 Å². The van der Waals surface area contributed by atoms with E-state index in [2.05, 4.69) is 0 Å². The number of epoxide rings is 1. The number of ether oxygens (including phenoxy) is 1. The predicted octanol–water partition coefficient (Wildman–Crippen LogP) is 1.85. The zero-order valence-electron chi connectivity index (χ0n) is 6.90. The molecule has 2 unspecified atom stereocenters. The molecule has 2 rings (SSSR count). The van der Waals surface area contributed by atoms with Crippen molar-refractivity contribution in [3.05, 3.63) is 29.3 Å². The summed E-state index contributed by atoms with van der Waals surface area (Å²) in [5.74, 6) is 0.599. The molecule has 13 heavy (non-hydrogen) atoms. The summed E-state index contributed by atoms with van der Waals surface area (Å²) in [5.41, 5.74) is 0. The Hall–Kier alpha value is -0.380. The highest BCUT2D eigenvalue weighted by Crippen LogP contribution is 2.17. The molecule has 70 valence electrons. The van der Waals surface area contributed by atoms with E-state index in [0.717, 1.165) is 11.5 Å². The molecule has 0 aromatic heterocycles. The van der Waals surface area contributed by atoms with Gasteiger partial charge in [-0.1, -0.05) is 11.6 Å². The second-order valence-corrected chi connectivity index (χ2v) is 4.85. The minimum absolute atomic E-state index is 0.205. The van der Waals surface area contributed by atoms with Gasteiger partial charge in [-0.2, -0.15) is 0 Å². The number of benzene rings is 1. The first kappa shape index (κ1) is 9.19. The molecule has 0 saturated carbocycles. The molecule has 0 radical (unpaired) electrons. The number of hydrogen-bond acceptors (Lipinski definition) is 2. The van der Waals surface area contributed by atoms with Gasteiger partial charge in [0, 0.05) is 9.92 Å². The lowest BCUT2D eigenvalue weighted by Gasteiger charge is -1.99. The molecule has 0 bridgehead atoms. The Labute approximate surface area is 84.3 Å². The topological polar surface area (TPSA) is 29.6 Å². The van der Waals surface area contributed by atoms with E-state index in [4.69, 9.17) is 16.3 Å². The lowest BCUT2D eigenvalue weighted by atomic mass is 10.4. The van der Waals surface area contributed by atoms with Crippen molar-refractivity contribution in [2.24, 2.45) is 0 Å². The smallest absolute Gasteiger partial charge is 0.0928 e. The monoisotopic (exact) mass is 216 g/mol. The quantitative estimate of drug-likeness (QED) is 0.722. The highest BCUT2D eigenvalue weighted by atomic mass is 35.5. The predicted molar refractivity (Wildman–Crippen MR) is 52.5 cm³/mol. The first-order valence-corrected chi connectivity index (χ1v) is 5.71. The molecule has 1 aliphatic rings. The van der Waals surface area contributed by atoms with E-state index < -0.39 is 10.8 Å². The van der Waals surface area contributed by atoms with Gasteiger partial charge in [0.15, 0.2) is 0 Å². The van der Waals surface area contributed by atoms with Crippen molar-refractivity contribution < 1.29 is 8.95 Å². The van der Waals surface area contributed by atoms with Gasteiger partial charge in [0.1, 0.15) is 0 Å². The molecule has 0 spiro atoms. The first-order valence-electron chi connectivity index (χ1n) is 4.01. The second kappa shape index (κ2) is 3.78. The van der Waals surface area contributed by atoms with Crippen LogP contribution < -0.4 is 0 Å². The maximum atomic E-state index is 11.6. The molecule has 2 nitrogen and oxygen atoms in total. The minimum atomic E-state index is -0.943. The molecule has 0 aliphatic carbocycles. The maximum absolute atomic E-state index is 11.6. The molecule has 1 heterocycles.